The van der Waals surface area contributed by atoms with E-state index in [4.69, 9.17) is 0 Å². The molecule has 0 saturated heterocycles. The van der Waals surface area contributed by atoms with E-state index in [2.05, 4.69) is 10.1 Å². The minimum atomic E-state index is -0.0639. The lowest BCUT2D eigenvalue weighted by atomic mass is 10.1. The third-order valence-electron chi connectivity index (χ3n) is 3.75. The SMILES string of the molecule is O=c1c2cc(-c3ccccc3)nn2ccn1Cc1cccnc1. The summed E-state index contributed by atoms with van der Waals surface area (Å²) in [6.07, 6.45) is 7.05. The van der Waals surface area contributed by atoms with Crippen molar-refractivity contribution in [2.45, 2.75) is 6.54 Å². The van der Waals surface area contributed by atoms with Crippen molar-refractivity contribution in [2.75, 3.05) is 0 Å². The quantitative estimate of drug-likeness (QED) is 0.584. The second-order valence-corrected chi connectivity index (χ2v) is 5.32. The first-order chi connectivity index (χ1) is 11.3. The van der Waals surface area contributed by atoms with Crippen molar-refractivity contribution in [1.29, 1.82) is 0 Å². The third kappa shape index (κ3) is 2.53. The molecule has 0 radical (unpaired) electrons. The highest BCUT2D eigenvalue weighted by molar-refractivity contribution is 5.65. The van der Waals surface area contributed by atoms with Crippen molar-refractivity contribution in [3.63, 3.8) is 0 Å². The Kier molecular flexibility index (Phi) is 3.24. The zero-order valence-corrected chi connectivity index (χ0v) is 12.3. The molecule has 5 nitrogen and oxygen atoms in total. The van der Waals surface area contributed by atoms with E-state index in [0.717, 1.165) is 16.8 Å². The van der Waals surface area contributed by atoms with Crippen LogP contribution in [0.5, 0.6) is 0 Å². The Morgan fingerprint density at radius 2 is 1.87 bits per heavy atom. The molecule has 3 heterocycles. The first-order valence-electron chi connectivity index (χ1n) is 7.34. The second-order valence-electron chi connectivity index (χ2n) is 5.32. The van der Waals surface area contributed by atoms with Crippen molar-refractivity contribution in [3.8, 4) is 11.3 Å². The van der Waals surface area contributed by atoms with Gasteiger partial charge in [-0.3, -0.25) is 9.78 Å². The standard InChI is InChI=1S/C18H14N4O/c23-18-17-11-16(15-6-2-1-3-7-15)20-22(17)10-9-21(18)13-14-5-4-8-19-12-14/h1-12H,13H2. The predicted molar refractivity (Wildman–Crippen MR) is 88.2 cm³/mol. The molecule has 1 aromatic carbocycles. The van der Waals surface area contributed by atoms with Gasteiger partial charge in [0.2, 0.25) is 0 Å². The molecule has 3 aromatic heterocycles. The lowest BCUT2D eigenvalue weighted by Crippen LogP contribution is -2.21. The van der Waals surface area contributed by atoms with Gasteiger partial charge in [-0.15, -0.1) is 0 Å². The van der Waals surface area contributed by atoms with Gasteiger partial charge in [0.05, 0.1) is 12.2 Å². The van der Waals surface area contributed by atoms with Crippen LogP contribution in [-0.2, 0) is 6.54 Å². The summed E-state index contributed by atoms with van der Waals surface area (Å²) in [5.41, 5.74) is 3.28. The van der Waals surface area contributed by atoms with Crippen molar-refractivity contribution in [3.05, 3.63) is 89.2 Å². The molecule has 0 N–H and O–H groups in total. The molecule has 0 atom stereocenters. The Morgan fingerprint density at radius 3 is 2.65 bits per heavy atom. The van der Waals surface area contributed by atoms with Crippen LogP contribution in [0, 0.1) is 0 Å². The van der Waals surface area contributed by atoms with Gasteiger partial charge in [0.15, 0.2) is 0 Å². The van der Waals surface area contributed by atoms with E-state index in [0.29, 0.717) is 12.1 Å². The summed E-state index contributed by atoms with van der Waals surface area (Å²) in [7, 11) is 0. The first kappa shape index (κ1) is 13.5. The highest BCUT2D eigenvalue weighted by atomic mass is 16.1. The van der Waals surface area contributed by atoms with Gasteiger partial charge < -0.3 is 4.57 Å². The number of rotatable bonds is 3. The minimum Gasteiger partial charge on any atom is -0.308 e. The molecule has 0 bridgehead atoms. The number of pyridine rings is 1. The summed E-state index contributed by atoms with van der Waals surface area (Å²) in [4.78, 5) is 16.7. The van der Waals surface area contributed by atoms with Crippen LogP contribution in [0.25, 0.3) is 16.8 Å². The first-order valence-corrected chi connectivity index (χ1v) is 7.34. The maximum absolute atomic E-state index is 12.7. The van der Waals surface area contributed by atoms with Crippen LogP contribution >= 0.6 is 0 Å². The third-order valence-corrected chi connectivity index (χ3v) is 3.75. The van der Waals surface area contributed by atoms with Crippen molar-refractivity contribution in [2.24, 2.45) is 0 Å². The summed E-state index contributed by atoms with van der Waals surface area (Å²) in [6.45, 7) is 0.495. The van der Waals surface area contributed by atoms with Gasteiger partial charge in [0.25, 0.3) is 5.56 Å². The molecule has 0 unspecified atom stereocenters. The van der Waals surface area contributed by atoms with Crippen LogP contribution in [0.15, 0.2) is 78.1 Å². The fraction of sp³-hybridized carbons (Fsp3) is 0.0556. The fourth-order valence-corrected chi connectivity index (χ4v) is 2.59. The van der Waals surface area contributed by atoms with Crippen molar-refractivity contribution >= 4 is 5.52 Å². The normalized spacial score (nSPS) is 11.0. The number of hydrogen-bond donors (Lipinski definition) is 0. The second kappa shape index (κ2) is 5.53. The topological polar surface area (TPSA) is 52.2 Å². The van der Waals surface area contributed by atoms with E-state index in [9.17, 15) is 4.79 Å². The van der Waals surface area contributed by atoms with Crippen LogP contribution < -0.4 is 5.56 Å². The monoisotopic (exact) mass is 302 g/mol. The van der Waals surface area contributed by atoms with E-state index >= 15 is 0 Å². The number of benzene rings is 1. The Bertz CT molecular complexity index is 1000. The van der Waals surface area contributed by atoms with E-state index < -0.39 is 0 Å². The van der Waals surface area contributed by atoms with Gasteiger partial charge in [-0.05, 0) is 17.7 Å². The predicted octanol–water partition coefficient (Wildman–Crippen LogP) is 2.61. The molecule has 0 aliphatic heterocycles. The molecule has 4 aromatic rings. The zero-order chi connectivity index (χ0) is 15.6. The van der Waals surface area contributed by atoms with Crippen LogP contribution in [0.4, 0.5) is 0 Å². The van der Waals surface area contributed by atoms with Crippen molar-refractivity contribution in [1.82, 2.24) is 19.2 Å². The Labute approximate surface area is 132 Å². The Balaban J connectivity index is 1.78. The average molecular weight is 302 g/mol. The summed E-state index contributed by atoms with van der Waals surface area (Å²) < 4.78 is 3.30. The van der Waals surface area contributed by atoms with Gasteiger partial charge in [-0.1, -0.05) is 36.4 Å². The molecule has 5 heteroatoms. The molecule has 0 amide bonds. The van der Waals surface area contributed by atoms with Gasteiger partial charge in [-0.25, -0.2) is 4.52 Å². The van der Waals surface area contributed by atoms with Crippen molar-refractivity contribution < 1.29 is 0 Å². The van der Waals surface area contributed by atoms with E-state index in [1.807, 2.05) is 48.5 Å². The van der Waals surface area contributed by atoms with Gasteiger partial charge in [0.1, 0.15) is 5.52 Å². The molecular formula is C18H14N4O. The number of nitrogens with zero attached hydrogens (tertiary/aromatic N) is 4. The number of hydrogen-bond acceptors (Lipinski definition) is 3. The summed E-state index contributed by atoms with van der Waals surface area (Å²) in [6, 6.07) is 15.5. The zero-order valence-electron chi connectivity index (χ0n) is 12.3. The molecule has 0 fully saturated rings. The molecule has 112 valence electrons. The largest absolute Gasteiger partial charge is 0.308 e. The van der Waals surface area contributed by atoms with Gasteiger partial charge in [-0.2, -0.15) is 5.10 Å². The lowest BCUT2D eigenvalue weighted by molar-refractivity contribution is 0.740. The van der Waals surface area contributed by atoms with Crippen LogP contribution in [-0.4, -0.2) is 19.2 Å². The van der Waals surface area contributed by atoms with E-state index in [1.54, 1.807) is 33.9 Å². The van der Waals surface area contributed by atoms with E-state index in [-0.39, 0.29) is 5.56 Å². The maximum Gasteiger partial charge on any atom is 0.276 e. The molecule has 0 spiro atoms. The maximum atomic E-state index is 12.7. The summed E-state index contributed by atoms with van der Waals surface area (Å²) in [5, 5.41) is 4.48. The van der Waals surface area contributed by atoms with Gasteiger partial charge >= 0.3 is 0 Å². The highest BCUT2D eigenvalue weighted by Gasteiger charge is 2.09. The lowest BCUT2D eigenvalue weighted by Gasteiger charge is -2.05. The summed E-state index contributed by atoms with van der Waals surface area (Å²) in [5.74, 6) is 0. The Hall–Kier alpha value is -3.21. The minimum absolute atomic E-state index is 0.0639. The average Bonchev–Trinajstić information content (AvgIpc) is 3.04. The van der Waals surface area contributed by atoms with Crippen LogP contribution in [0.1, 0.15) is 5.56 Å². The highest BCUT2D eigenvalue weighted by Crippen LogP contribution is 2.17. The number of fused-ring (bicyclic) bond motifs is 1. The molecule has 0 aliphatic carbocycles. The molecule has 0 aliphatic rings. The van der Waals surface area contributed by atoms with Crippen LogP contribution in [0.3, 0.4) is 0 Å². The van der Waals surface area contributed by atoms with E-state index in [1.165, 1.54) is 0 Å². The molecule has 4 rings (SSSR count). The molecular weight excluding hydrogens is 288 g/mol. The van der Waals surface area contributed by atoms with Crippen LogP contribution in [0.2, 0.25) is 0 Å². The number of aromatic nitrogens is 4. The summed E-state index contributed by atoms with van der Waals surface area (Å²) >= 11 is 0. The smallest absolute Gasteiger partial charge is 0.276 e. The molecule has 0 saturated carbocycles. The van der Waals surface area contributed by atoms with Gasteiger partial charge in [0, 0.05) is 30.4 Å². The Morgan fingerprint density at radius 1 is 1.00 bits per heavy atom. The molecule has 23 heavy (non-hydrogen) atoms. The fourth-order valence-electron chi connectivity index (χ4n) is 2.59.